The molecule has 2 aromatic carbocycles. The molecule has 0 atom stereocenters. The van der Waals surface area contributed by atoms with Crippen LogP contribution in [0.15, 0.2) is 53.4 Å². The van der Waals surface area contributed by atoms with Crippen LogP contribution in [0.4, 0.5) is 11.5 Å². The number of nitrogens with one attached hydrogen (secondary N) is 1. The van der Waals surface area contributed by atoms with Gasteiger partial charge < -0.3 is 4.90 Å². The fourth-order valence-electron chi connectivity index (χ4n) is 4.03. The van der Waals surface area contributed by atoms with Crippen LogP contribution in [0.1, 0.15) is 36.5 Å². The lowest BCUT2D eigenvalue weighted by atomic mass is 9.99. The van der Waals surface area contributed by atoms with E-state index in [4.69, 9.17) is 0 Å². The monoisotopic (exact) mass is 450 g/mol. The Balaban J connectivity index is 1.48. The molecule has 0 aliphatic carbocycles. The van der Waals surface area contributed by atoms with Gasteiger partial charge in [0.2, 0.25) is 0 Å². The van der Waals surface area contributed by atoms with Gasteiger partial charge in [0, 0.05) is 24.3 Å². The summed E-state index contributed by atoms with van der Waals surface area (Å²) in [6.45, 7) is 10.0. The van der Waals surface area contributed by atoms with Gasteiger partial charge in [-0.15, -0.1) is 10.2 Å². The van der Waals surface area contributed by atoms with E-state index in [1.54, 1.807) is 18.2 Å². The highest BCUT2D eigenvalue weighted by atomic mass is 32.2. The third-order valence-corrected chi connectivity index (χ3v) is 7.80. The summed E-state index contributed by atoms with van der Waals surface area (Å²) in [6.07, 6.45) is 2.37. The van der Waals surface area contributed by atoms with Gasteiger partial charge in [0.05, 0.1) is 10.6 Å². The molecule has 1 saturated heterocycles. The highest BCUT2D eigenvalue weighted by Gasteiger charge is 2.19. The summed E-state index contributed by atoms with van der Waals surface area (Å²) in [6, 6.07) is 14.8. The van der Waals surface area contributed by atoms with Crippen molar-refractivity contribution in [2.45, 2.75) is 45.4 Å². The molecule has 3 aromatic rings. The highest BCUT2D eigenvalue weighted by Crippen LogP contribution is 2.26. The fraction of sp³-hybridized carbons (Fsp3) is 0.360. The number of sulfonamides is 1. The Labute approximate surface area is 190 Å². The number of nitrogens with zero attached hydrogens (tertiary/aromatic N) is 3. The van der Waals surface area contributed by atoms with Crippen LogP contribution in [0.2, 0.25) is 0 Å². The van der Waals surface area contributed by atoms with Crippen molar-refractivity contribution in [2.75, 3.05) is 22.7 Å². The Morgan fingerprint density at radius 2 is 1.53 bits per heavy atom. The Bertz CT molecular complexity index is 1200. The van der Waals surface area contributed by atoms with Gasteiger partial charge in [-0.1, -0.05) is 25.1 Å². The lowest BCUT2D eigenvalue weighted by Crippen LogP contribution is -2.33. The minimum Gasteiger partial charge on any atom is -0.355 e. The molecular weight excluding hydrogens is 420 g/mol. The average Bonchev–Trinajstić information content (AvgIpc) is 2.77. The van der Waals surface area contributed by atoms with E-state index in [1.165, 1.54) is 12.8 Å². The first-order chi connectivity index (χ1) is 15.2. The van der Waals surface area contributed by atoms with Crippen molar-refractivity contribution < 1.29 is 8.42 Å². The summed E-state index contributed by atoms with van der Waals surface area (Å²) >= 11 is 0. The molecule has 1 fully saturated rings. The van der Waals surface area contributed by atoms with Gasteiger partial charge >= 0.3 is 0 Å². The van der Waals surface area contributed by atoms with Crippen molar-refractivity contribution in [3.05, 3.63) is 65.2 Å². The summed E-state index contributed by atoms with van der Waals surface area (Å²) in [7, 11) is -3.67. The first-order valence-electron chi connectivity index (χ1n) is 11.0. The SMILES string of the molecule is Cc1cc(C)c(S(=O)(=O)Nc2ccc(-c3ccc(N4CCC(C)CC4)nn3)cc2)cc1C. The van der Waals surface area contributed by atoms with E-state index in [-0.39, 0.29) is 0 Å². The van der Waals surface area contributed by atoms with Gasteiger partial charge in [-0.2, -0.15) is 0 Å². The van der Waals surface area contributed by atoms with E-state index in [0.29, 0.717) is 10.6 Å². The molecule has 1 N–H and O–H groups in total. The molecule has 0 unspecified atom stereocenters. The highest BCUT2D eigenvalue weighted by molar-refractivity contribution is 7.92. The molecule has 4 rings (SSSR count). The maximum Gasteiger partial charge on any atom is 0.262 e. The average molecular weight is 451 g/mol. The minimum absolute atomic E-state index is 0.304. The number of hydrogen-bond acceptors (Lipinski definition) is 5. The van der Waals surface area contributed by atoms with E-state index in [0.717, 1.165) is 52.8 Å². The Morgan fingerprint density at radius 1 is 0.875 bits per heavy atom. The molecule has 1 aliphatic rings. The van der Waals surface area contributed by atoms with E-state index >= 15 is 0 Å². The van der Waals surface area contributed by atoms with E-state index in [2.05, 4.69) is 26.7 Å². The zero-order chi connectivity index (χ0) is 22.9. The fourth-order valence-corrected chi connectivity index (χ4v) is 5.40. The molecule has 7 heteroatoms. The van der Waals surface area contributed by atoms with Crippen LogP contribution in [-0.4, -0.2) is 31.7 Å². The first-order valence-corrected chi connectivity index (χ1v) is 12.5. The second-order valence-corrected chi connectivity index (χ2v) is 10.5. The maximum atomic E-state index is 12.9. The predicted molar refractivity (Wildman–Crippen MR) is 130 cm³/mol. The van der Waals surface area contributed by atoms with Gasteiger partial charge in [-0.25, -0.2) is 8.42 Å². The molecule has 2 heterocycles. The van der Waals surface area contributed by atoms with Crippen LogP contribution in [0.5, 0.6) is 0 Å². The molecule has 168 valence electrons. The van der Waals surface area contributed by atoms with Crippen molar-refractivity contribution in [1.29, 1.82) is 0 Å². The number of rotatable bonds is 5. The topological polar surface area (TPSA) is 75.2 Å². The van der Waals surface area contributed by atoms with Gasteiger partial charge in [-0.05, 0) is 86.6 Å². The van der Waals surface area contributed by atoms with Crippen molar-refractivity contribution in [3.63, 3.8) is 0 Å². The number of benzene rings is 2. The van der Waals surface area contributed by atoms with Gasteiger partial charge in [-0.3, -0.25) is 4.72 Å². The summed E-state index contributed by atoms with van der Waals surface area (Å²) < 4.78 is 28.5. The molecule has 1 aliphatic heterocycles. The number of aromatic nitrogens is 2. The van der Waals surface area contributed by atoms with Crippen LogP contribution in [0.25, 0.3) is 11.3 Å². The second-order valence-electron chi connectivity index (χ2n) is 8.83. The Hall–Kier alpha value is -2.93. The molecule has 0 bridgehead atoms. The second kappa shape index (κ2) is 8.90. The normalized spacial score (nSPS) is 15.1. The van der Waals surface area contributed by atoms with Crippen molar-refractivity contribution in [2.24, 2.45) is 5.92 Å². The van der Waals surface area contributed by atoms with E-state index in [1.807, 2.05) is 51.1 Å². The Morgan fingerprint density at radius 3 is 2.16 bits per heavy atom. The molecule has 32 heavy (non-hydrogen) atoms. The largest absolute Gasteiger partial charge is 0.355 e. The summed E-state index contributed by atoms with van der Waals surface area (Å²) in [5.74, 6) is 1.68. The molecule has 0 spiro atoms. The third-order valence-electron chi connectivity index (χ3n) is 6.27. The molecule has 0 amide bonds. The van der Waals surface area contributed by atoms with E-state index < -0.39 is 10.0 Å². The quantitative estimate of drug-likeness (QED) is 0.585. The van der Waals surface area contributed by atoms with Crippen molar-refractivity contribution in [1.82, 2.24) is 10.2 Å². The minimum atomic E-state index is -3.67. The summed E-state index contributed by atoms with van der Waals surface area (Å²) in [5.41, 5.74) is 4.93. The van der Waals surface area contributed by atoms with Crippen LogP contribution >= 0.6 is 0 Å². The molecule has 0 saturated carbocycles. The zero-order valence-electron chi connectivity index (χ0n) is 19.1. The van der Waals surface area contributed by atoms with Gasteiger partial charge in [0.25, 0.3) is 10.0 Å². The first kappa shape index (κ1) is 22.3. The number of hydrogen-bond donors (Lipinski definition) is 1. The number of piperidine rings is 1. The lowest BCUT2D eigenvalue weighted by molar-refractivity contribution is 0.436. The number of aryl methyl sites for hydroxylation is 3. The van der Waals surface area contributed by atoms with Crippen LogP contribution in [-0.2, 0) is 10.0 Å². The van der Waals surface area contributed by atoms with Crippen molar-refractivity contribution >= 4 is 21.5 Å². The molecule has 1 aromatic heterocycles. The predicted octanol–water partition coefficient (Wildman–Crippen LogP) is 5.11. The standard InChI is InChI=1S/C25H30N4O2S/c1-17-11-13-29(14-12-17)25-10-9-23(26-27-25)21-5-7-22(8-6-21)28-32(30,31)24-16-19(3)18(2)15-20(24)4/h5-10,15-17,28H,11-14H2,1-4H3. The number of anilines is 2. The summed E-state index contributed by atoms with van der Waals surface area (Å²) in [5, 5.41) is 8.81. The Kier molecular flexibility index (Phi) is 6.20. The van der Waals surface area contributed by atoms with Gasteiger partial charge in [0.15, 0.2) is 5.82 Å². The maximum absolute atomic E-state index is 12.9. The molecular formula is C25H30N4O2S. The van der Waals surface area contributed by atoms with Crippen LogP contribution < -0.4 is 9.62 Å². The van der Waals surface area contributed by atoms with Crippen LogP contribution in [0, 0.1) is 26.7 Å². The summed E-state index contributed by atoms with van der Waals surface area (Å²) in [4.78, 5) is 2.59. The smallest absolute Gasteiger partial charge is 0.262 e. The third kappa shape index (κ3) is 4.78. The molecule has 6 nitrogen and oxygen atoms in total. The van der Waals surface area contributed by atoms with E-state index in [9.17, 15) is 8.42 Å². The van der Waals surface area contributed by atoms with Crippen LogP contribution in [0.3, 0.4) is 0 Å². The molecule has 0 radical (unpaired) electrons. The van der Waals surface area contributed by atoms with Crippen molar-refractivity contribution in [3.8, 4) is 11.3 Å². The van der Waals surface area contributed by atoms with Gasteiger partial charge in [0.1, 0.15) is 0 Å². The zero-order valence-corrected chi connectivity index (χ0v) is 19.9. The lowest BCUT2D eigenvalue weighted by Gasteiger charge is -2.30.